The molecule has 3 N–H and O–H groups in total. The summed E-state index contributed by atoms with van der Waals surface area (Å²) in [6, 6.07) is 33.4. The maximum Gasteiger partial charge on any atom is 0.503 e. The van der Waals surface area contributed by atoms with Gasteiger partial charge in [-0.25, -0.2) is 4.79 Å². The van der Waals surface area contributed by atoms with E-state index in [4.69, 9.17) is 24.3 Å². The van der Waals surface area contributed by atoms with Crippen molar-refractivity contribution in [1.82, 2.24) is 10.1 Å². The molecular formula is C33H31N3O5. The van der Waals surface area contributed by atoms with E-state index in [2.05, 4.69) is 76.1 Å². The molecule has 2 heterocycles. The number of benzene rings is 3. The van der Waals surface area contributed by atoms with Gasteiger partial charge >= 0.3 is 6.16 Å². The topological polar surface area (TPSA) is 118 Å². The first-order valence-electron chi connectivity index (χ1n) is 13.5. The lowest BCUT2D eigenvalue weighted by atomic mass is 10.0. The second kappa shape index (κ2) is 12.8. The summed E-state index contributed by atoms with van der Waals surface area (Å²) in [7, 11) is 0. The van der Waals surface area contributed by atoms with Gasteiger partial charge in [-0.05, 0) is 54.0 Å². The van der Waals surface area contributed by atoms with Gasteiger partial charge in [0.25, 0.3) is 0 Å². The molecule has 1 aliphatic rings. The molecule has 0 aliphatic heterocycles. The molecule has 0 bridgehead atoms. The van der Waals surface area contributed by atoms with Crippen molar-refractivity contribution in [3.05, 3.63) is 114 Å². The Balaban J connectivity index is 0.000000794. The van der Waals surface area contributed by atoms with E-state index in [9.17, 15) is 0 Å². The van der Waals surface area contributed by atoms with Gasteiger partial charge in [-0.2, -0.15) is 4.98 Å². The van der Waals surface area contributed by atoms with Gasteiger partial charge in [0.1, 0.15) is 17.2 Å². The van der Waals surface area contributed by atoms with Crippen LogP contribution in [0.25, 0.3) is 22.5 Å². The fraction of sp³-hybridized carbons (Fsp3) is 0.182. The average molecular weight is 550 g/mol. The van der Waals surface area contributed by atoms with Crippen molar-refractivity contribution < 1.29 is 24.3 Å². The Morgan fingerprint density at radius 1 is 0.878 bits per heavy atom. The number of pyridine rings is 1. The van der Waals surface area contributed by atoms with Gasteiger partial charge in [0.15, 0.2) is 5.76 Å². The fourth-order valence-corrected chi connectivity index (χ4v) is 4.50. The lowest BCUT2D eigenvalue weighted by molar-refractivity contribution is 0.137. The highest BCUT2D eigenvalue weighted by molar-refractivity contribution is 5.79. The van der Waals surface area contributed by atoms with Gasteiger partial charge in [-0.3, -0.25) is 0 Å². The van der Waals surface area contributed by atoms with Crippen LogP contribution in [0.1, 0.15) is 35.6 Å². The van der Waals surface area contributed by atoms with Crippen molar-refractivity contribution in [3.8, 4) is 28.3 Å². The third-order valence-corrected chi connectivity index (χ3v) is 6.76. The molecule has 0 saturated heterocycles. The molecule has 2 aromatic heterocycles. The number of carboxylic acid groups (broad SMARTS) is 2. The molecule has 1 saturated carbocycles. The minimum Gasteiger partial charge on any atom is -0.477 e. The van der Waals surface area contributed by atoms with Crippen LogP contribution in [0.15, 0.2) is 102 Å². The smallest absolute Gasteiger partial charge is 0.477 e. The van der Waals surface area contributed by atoms with E-state index in [1.165, 1.54) is 35.1 Å². The van der Waals surface area contributed by atoms with Gasteiger partial charge < -0.3 is 24.8 Å². The number of hydrogen-bond donors (Lipinski definition) is 3. The normalized spacial score (nSPS) is 12.2. The molecule has 8 heteroatoms. The van der Waals surface area contributed by atoms with Gasteiger partial charge in [0.2, 0.25) is 5.88 Å². The largest absolute Gasteiger partial charge is 0.503 e. The lowest BCUT2D eigenvalue weighted by Gasteiger charge is -2.10. The number of aryl methyl sites for hydroxylation is 1. The number of anilines is 2. The number of aromatic nitrogens is 2. The van der Waals surface area contributed by atoms with Crippen LogP contribution in [0.4, 0.5) is 16.3 Å². The summed E-state index contributed by atoms with van der Waals surface area (Å²) in [5, 5.41) is 21.5. The van der Waals surface area contributed by atoms with Crippen LogP contribution in [0.3, 0.4) is 0 Å². The third-order valence-electron chi connectivity index (χ3n) is 6.76. The summed E-state index contributed by atoms with van der Waals surface area (Å²) < 4.78 is 11.6. The van der Waals surface area contributed by atoms with Crippen molar-refractivity contribution in [2.45, 2.75) is 32.1 Å². The minimum absolute atomic E-state index is 0.563. The molecule has 0 radical (unpaired) electrons. The van der Waals surface area contributed by atoms with Crippen molar-refractivity contribution in [1.29, 1.82) is 0 Å². The monoisotopic (exact) mass is 549 g/mol. The zero-order chi connectivity index (χ0) is 28.6. The summed E-state index contributed by atoms with van der Waals surface area (Å²) in [6.07, 6.45) is 1.64. The average Bonchev–Trinajstić information content (AvgIpc) is 3.78. The van der Waals surface area contributed by atoms with Crippen molar-refractivity contribution >= 4 is 17.7 Å². The van der Waals surface area contributed by atoms with E-state index >= 15 is 0 Å². The molecule has 0 atom stereocenters. The molecule has 41 heavy (non-hydrogen) atoms. The Hall–Kier alpha value is -5.11. The lowest BCUT2D eigenvalue weighted by Crippen LogP contribution is -2.04. The Morgan fingerprint density at radius 2 is 1.51 bits per heavy atom. The van der Waals surface area contributed by atoms with Gasteiger partial charge in [0, 0.05) is 18.1 Å². The van der Waals surface area contributed by atoms with Crippen molar-refractivity contribution in [2.24, 2.45) is 0 Å². The summed E-state index contributed by atoms with van der Waals surface area (Å²) in [5.74, 6) is 2.71. The fourth-order valence-electron chi connectivity index (χ4n) is 4.50. The number of rotatable bonds is 9. The van der Waals surface area contributed by atoms with Gasteiger partial charge in [-0.15, -0.1) is 0 Å². The summed E-state index contributed by atoms with van der Waals surface area (Å²) in [6.45, 7) is 2.49. The van der Waals surface area contributed by atoms with Gasteiger partial charge in [-0.1, -0.05) is 90.1 Å². The predicted octanol–water partition coefficient (Wildman–Crippen LogP) is 8.18. The molecule has 1 aliphatic carbocycles. The molecule has 0 amide bonds. The Labute approximate surface area is 238 Å². The van der Waals surface area contributed by atoms with E-state index in [1.807, 2.05) is 43.3 Å². The summed E-state index contributed by atoms with van der Waals surface area (Å²) >= 11 is 0. The summed E-state index contributed by atoms with van der Waals surface area (Å²) in [5.41, 5.74) is 7.62. The van der Waals surface area contributed by atoms with E-state index in [-0.39, 0.29) is 0 Å². The second-order valence-corrected chi connectivity index (χ2v) is 9.80. The number of nitrogens with one attached hydrogen (secondary N) is 1. The summed E-state index contributed by atoms with van der Waals surface area (Å²) in [4.78, 5) is 13.2. The molecule has 1 fully saturated rings. The molecule has 208 valence electrons. The van der Waals surface area contributed by atoms with Crippen LogP contribution >= 0.6 is 0 Å². The molecule has 6 rings (SSSR count). The minimum atomic E-state index is -1.83. The first-order chi connectivity index (χ1) is 20.0. The molecular weight excluding hydrogens is 518 g/mol. The van der Waals surface area contributed by atoms with Crippen molar-refractivity contribution in [3.63, 3.8) is 0 Å². The van der Waals surface area contributed by atoms with Crippen LogP contribution in [-0.4, -0.2) is 33.1 Å². The quantitative estimate of drug-likeness (QED) is 0.168. The first kappa shape index (κ1) is 27.5. The predicted molar refractivity (Wildman–Crippen MR) is 158 cm³/mol. The van der Waals surface area contributed by atoms with Crippen LogP contribution in [0, 0.1) is 6.92 Å². The van der Waals surface area contributed by atoms with E-state index in [0.717, 1.165) is 29.3 Å². The third kappa shape index (κ3) is 7.51. The molecule has 0 unspecified atom stereocenters. The van der Waals surface area contributed by atoms with Crippen LogP contribution < -0.4 is 10.1 Å². The maximum absolute atomic E-state index is 8.56. The van der Waals surface area contributed by atoms with Crippen LogP contribution in [-0.2, 0) is 6.42 Å². The number of nitrogens with zero attached hydrogens (tertiary/aromatic N) is 2. The number of ether oxygens (including phenoxy) is 1. The molecule has 8 nitrogen and oxygen atoms in total. The Kier molecular flexibility index (Phi) is 8.59. The zero-order valence-corrected chi connectivity index (χ0v) is 22.7. The Bertz CT molecular complexity index is 1570. The maximum atomic E-state index is 8.56. The SMILES string of the molecule is Cc1noc(-c2ccc(-c3ccc(C4CC4)cc3)cc2)c1Nc1cccc(OCCc2ccccc2)n1.O=C(O)O. The van der Waals surface area contributed by atoms with Crippen molar-refractivity contribution in [2.75, 3.05) is 11.9 Å². The highest BCUT2D eigenvalue weighted by atomic mass is 16.6. The van der Waals surface area contributed by atoms with Gasteiger partial charge in [0.05, 0.1) is 6.61 Å². The molecule has 0 spiro atoms. The first-order valence-corrected chi connectivity index (χ1v) is 13.5. The molecule has 3 aromatic carbocycles. The highest BCUT2D eigenvalue weighted by Gasteiger charge is 2.23. The van der Waals surface area contributed by atoms with E-state index < -0.39 is 6.16 Å². The second-order valence-electron chi connectivity index (χ2n) is 9.80. The highest BCUT2D eigenvalue weighted by Crippen LogP contribution is 2.40. The number of carbonyl (C=O) groups is 1. The van der Waals surface area contributed by atoms with E-state index in [1.54, 1.807) is 0 Å². The zero-order valence-electron chi connectivity index (χ0n) is 22.7. The van der Waals surface area contributed by atoms with Crippen LogP contribution in [0.2, 0.25) is 0 Å². The van der Waals surface area contributed by atoms with Crippen LogP contribution in [0.5, 0.6) is 5.88 Å². The standard InChI is InChI=1S/C32H29N3O2.CH2O3/c1-22-31(34-29-8-5-9-30(33-29)36-21-20-23-6-3-2-4-7-23)32(37-35-22)28-18-16-27(17-19-28)26-14-12-25(13-15-26)24-10-11-24;2-1(3)4/h2-9,12-19,24H,10-11,20-21H2,1H3,(H,33,34);(H2,2,3,4). The number of hydrogen-bond acceptors (Lipinski definition) is 6. The van der Waals surface area contributed by atoms with E-state index in [0.29, 0.717) is 24.1 Å². The Morgan fingerprint density at radius 3 is 2.17 bits per heavy atom. The molecule has 5 aromatic rings.